The smallest absolute Gasteiger partial charge is 0.106 e. The summed E-state index contributed by atoms with van der Waals surface area (Å²) in [5.41, 5.74) is 3.12. The minimum atomic E-state index is -0.571. The van der Waals surface area contributed by atoms with Crippen molar-refractivity contribution in [3.8, 4) is 0 Å². The summed E-state index contributed by atoms with van der Waals surface area (Å²) in [5, 5.41) is 10.3. The van der Waals surface area contributed by atoms with Gasteiger partial charge < -0.3 is 5.11 Å². The summed E-state index contributed by atoms with van der Waals surface area (Å²) < 4.78 is 1.99. The summed E-state index contributed by atoms with van der Waals surface area (Å²) >= 11 is 8.47. The summed E-state index contributed by atoms with van der Waals surface area (Å²) in [6.07, 6.45) is 0.446. The van der Waals surface area contributed by atoms with Gasteiger partial charge in [-0.3, -0.25) is 0 Å². The first-order valence-electron chi connectivity index (χ1n) is 5.33. The Morgan fingerprint density at radius 2 is 1.88 bits per heavy atom. The van der Waals surface area contributed by atoms with Gasteiger partial charge in [-0.25, -0.2) is 0 Å². The van der Waals surface area contributed by atoms with E-state index in [1.54, 1.807) is 11.3 Å². The van der Waals surface area contributed by atoms with E-state index in [-0.39, 0.29) is 0 Å². The zero-order chi connectivity index (χ0) is 12.4. The number of rotatable bonds is 3. The van der Waals surface area contributed by atoms with Crippen molar-refractivity contribution in [2.75, 3.05) is 0 Å². The van der Waals surface area contributed by atoms with Gasteiger partial charge in [-0.15, -0.1) is 11.3 Å². The molecule has 1 atom stereocenters. The molecule has 4 heteroatoms. The number of aliphatic hydroxyl groups excluding tert-OH is 1. The third-order valence-electron chi connectivity index (χ3n) is 2.68. The maximum Gasteiger partial charge on any atom is 0.106 e. The number of halogens is 2. The van der Waals surface area contributed by atoms with Crippen LogP contribution in [0.2, 0.25) is 0 Å². The Morgan fingerprint density at radius 3 is 2.35 bits per heavy atom. The van der Waals surface area contributed by atoms with Crippen LogP contribution in [0.25, 0.3) is 0 Å². The van der Waals surface area contributed by atoms with Crippen molar-refractivity contribution in [2.24, 2.45) is 0 Å². The summed E-state index contributed by atoms with van der Waals surface area (Å²) in [6.45, 7) is 2.12. The average molecular weight is 376 g/mol. The third kappa shape index (κ3) is 2.99. The molecule has 2 rings (SSSR count). The van der Waals surface area contributed by atoms with Crippen molar-refractivity contribution < 1.29 is 5.11 Å². The lowest BCUT2D eigenvalue weighted by molar-refractivity contribution is 0.220. The van der Waals surface area contributed by atoms with E-state index in [4.69, 9.17) is 0 Å². The Morgan fingerprint density at radius 1 is 1.24 bits per heavy atom. The molecule has 1 unspecified atom stereocenters. The van der Waals surface area contributed by atoms with Crippen LogP contribution in [0.1, 0.15) is 29.7 Å². The molecule has 1 aromatic carbocycles. The molecule has 17 heavy (non-hydrogen) atoms. The fraction of sp³-hybridized carbons (Fsp3) is 0.231. The number of aliphatic hydroxyl groups is 1. The van der Waals surface area contributed by atoms with Gasteiger partial charge >= 0.3 is 0 Å². The van der Waals surface area contributed by atoms with Crippen LogP contribution in [0.5, 0.6) is 0 Å². The standard InChI is InChI=1S/C13H12Br2OS/c1-2-8-3-5-9(6-4-8)12(16)10-7-11(14)17-13(10)15/h3-7,12,16H,2H2,1H3. The van der Waals surface area contributed by atoms with Crippen LogP contribution in [0.4, 0.5) is 0 Å². The molecule has 1 aromatic heterocycles. The lowest BCUT2D eigenvalue weighted by Gasteiger charge is -2.10. The zero-order valence-electron chi connectivity index (χ0n) is 9.28. The van der Waals surface area contributed by atoms with Crippen molar-refractivity contribution in [3.63, 3.8) is 0 Å². The minimum Gasteiger partial charge on any atom is -0.384 e. The lowest BCUT2D eigenvalue weighted by atomic mass is 10.0. The monoisotopic (exact) mass is 374 g/mol. The van der Waals surface area contributed by atoms with Crippen LogP contribution < -0.4 is 0 Å². The molecule has 0 saturated heterocycles. The van der Waals surface area contributed by atoms with Crippen LogP contribution in [-0.2, 0) is 6.42 Å². The highest BCUT2D eigenvalue weighted by Crippen LogP contribution is 2.37. The van der Waals surface area contributed by atoms with E-state index in [1.165, 1.54) is 5.56 Å². The van der Waals surface area contributed by atoms with E-state index in [9.17, 15) is 5.11 Å². The highest BCUT2D eigenvalue weighted by atomic mass is 79.9. The van der Waals surface area contributed by atoms with E-state index in [0.29, 0.717) is 0 Å². The van der Waals surface area contributed by atoms with Crippen LogP contribution in [-0.4, -0.2) is 5.11 Å². The van der Waals surface area contributed by atoms with Crippen molar-refractivity contribution in [1.82, 2.24) is 0 Å². The molecule has 0 fully saturated rings. The molecule has 0 amide bonds. The molecule has 2 aromatic rings. The molecule has 0 aliphatic heterocycles. The van der Waals surface area contributed by atoms with Gasteiger partial charge in [-0.1, -0.05) is 31.2 Å². The third-order valence-corrected chi connectivity index (χ3v) is 5.07. The van der Waals surface area contributed by atoms with Crippen LogP contribution in [0.3, 0.4) is 0 Å². The largest absolute Gasteiger partial charge is 0.384 e. The highest BCUT2D eigenvalue weighted by Gasteiger charge is 2.16. The van der Waals surface area contributed by atoms with Gasteiger partial charge in [0.15, 0.2) is 0 Å². The predicted molar refractivity (Wildman–Crippen MR) is 79.6 cm³/mol. The summed E-state index contributed by atoms with van der Waals surface area (Å²) in [4.78, 5) is 0. The molecule has 0 aliphatic carbocycles. The van der Waals surface area contributed by atoms with Crippen LogP contribution in [0.15, 0.2) is 37.9 Å². The fourth-order valence-corrected chi connectivity index (χ4v) is 4.54. The lowest BCUT2D eigenvalue weighted by Crippen LogP contribution is -1.98. The zero-order valence-corrected chi connectivity index (χ0v) is 13.3. The fourth-order valence-electron chi connectivity index (χ4n) is 1.65. The Hall–Kier alpha value is -0.160. The summed E-state index contributed by atoms with van der Waals surface area (Å²) in [7, 11) is 0. The SMILES string of the molecule is CCc1ccc(C(O)c2cc(Br)sc2Br)cc1. The van der Waals surface area contributed by atoms with Crippen molar-refractivity contribution in [2.45, 2.75) is 19.4 Å². The second kappa shape index (κ2) is 5.65. The topological polar surface area (TPSA) is 20.2 Å². The molecule has 0 radical (unpaired) electrons. The molecular formula is C13H12Br2OS. The van der Waals surface area contributed by atoms with Gasteiger partial charge in [0.1, 0.15) is 6.10 Å². The van der Waals surface area contributed by atoms with Gasteiger partial charge in [0.2, 0.25) is 0 Å². The minimum absolute atomic E-state index is 0.571. The Kier molecular flexibility index (Phi) is 4.42. The normalized spacial score (nSPS) is 12.7. The van der Waals surface area contributed by atoms with Gasteiger partial charge in [0, 0.05) is 5.56 Å². The number of thiophene rings is 1. The van der Waals surface area contributed by atoms with Gasteiger partial charge in [0.05, 0.1) is 7.57 Å². The molecule has 1 nitrogen and oxygen atoms in total. The van der Waals surface area contributed by atoms with Gasteiger partial charge in [0.25, 0.3) is 0 Å². The Labute approximate surface area is 122 Å². The first-order valence-corrected chi connectivity index (χ1v) is 7.73. The van der Waals surface area contributed by atoms with E-state index in [1.807, 2.05) is 18.2 Å². The van der Waals surface area contributed by atoms with E-state index in [2.05, 4.69) is 50.9 Å². The van der Waals surface area contributed by atoms with Gasteiger partial charge in [-0.05, 0) is 55.5 Å². The summed E-state index contributed by atoms with van der Waals surface area (Å²) in [5.74, 6) is 0. The molecular weight excluding hydrogens is 364 g/mol. The van der Waals surface area contributed by atoms with E-state index >= 15 is 0 Å². The molecule has 0 bridgehead atoms. The van der Waals surface area contributed by atoms with Crippen LogP contribution in [0, 0.1) is 0 Å². The molecule has 1 heterocycles. The highest BCUT2D eigenvalue weighted by molar-refractivity contribution is 9.12. The quantitative estimate of drug-likeness (QED) is 0.807. The van der Waals surface area contributed by atoms with Crippen molar-refractivity contribution in [3.05, 3.63) is 54.6 Å². The number of hydrogen-bond donors (Lipinski definition) is 1. The van der Waals surface area contributed by atoms with Gasteiger partial charge in [-0.2, -0.15) is 0 Å². The second-order valence-electron chi connectivity index (χ2n) is 3.78. The number of benzene rings is 1. The molecule has 0 spiro atoms. The molecule has 90 valence electrons. The molecule has 1 N–H and O–H groups in total. The predicted octanol–water partition coefficient (Wildman–Crippen LogP) is 4.92. The van der Waals surface area contributed by atoms with Crippen LogP contribution >= 0.6 is 43.2 Å². The average Bonchev–Trinajstić information content (AvgIpc) is 2.68. The summed E-state index contributed by atoms with van der Waals surface area (Å²) in [6, 6.07) is 10.1. The maximum atomic E-state index is 10.3. The molecule has 0 aliphatic rings. The first-order chi connectivity index (χ1) is 8.11. The Bertz CT molecular complexity index is 505. The maximum absolute atomic E-state index is 10.3. The number of hydrogen-bond acceptors (Lipinski definition) is 2. The molecule has 0 saturated carbocycles. The van der Waals surface area contributed by atoms with Crippen molar-refractivity contribution in [1.29, 1.82) is 0 Å². The first kappa shape index (κ1) is 13.3. The number of aryl methyl sites for hydroxylation is 1. The van der Waals surface area contributed by atoms with E-state index < -0.39 is 6.10 Å². The van der Waals surface area contributed by atoms with Crippen molar-refractivity contribution >= 4 is 43.2 Å². The second-order valence-corrected chi connectivity index (χ2v) is 7.53. The van der Waals surface area contributed by atoms with E-state index in [0.717, 1.165) is 25.1 Å². The Balaban J connectivity index is 2.30.